The summed E-state index contributed by atoms with van der Waals surface area (Å²) in [6.45, 7) is -2.05. The quantitative estimate of drug-likeness (QED) is 0.0918. The summed E-state index contributed by atoms with van der Waals surface area (Å²) in [7, 11) is -8.73. The Bertz CT molecular complexity index is 2580. The van der Waals surface area contributed by atoms with Crippen LogP contribution in [0.25, 0.3) is 22.3 Å². The molecule has 310 valence electrons. The molecule has 0 bridgehead atoms. The molecule has 0 radical (unpaired) electrons. The first-order valence-corrected chi connectivity index (χ1v) is 20.0. The average Bonchev–Trinajstić information content (AvgIpc) is 3.93. The van der Waals surface area contributed by atoms with Crippen molar-refractivity contribution in [1.29, 1.82) is 0 Å². The van der Waals surface area contributed by atoms with E-state index in [9.17, 15) is 38.4 Å². The first-order chi connectivity index (χ1) is 27.6. The number of aromatic amines is 2. The van der Waals surface area contributed by atoms with E-state index in [2.05, 4.69) is 40.5 Å². The molecule has 10 unspecified atom stereocenters. The number of anilines is 3. The number of phosphoric ester groups is 2. The summed E-state index contributed by atoms with van der Waals surface area (Å²) in [6.07, 6.45) is -10.4. The monoisotopic (exact) mass is 852 g/mol. The predicted molar refractivity (Wildman–Crippen MR) is 193 cm³/mol. The van der Waals surface area contributed by atoms with Gasteiger partial charge in [-0.25, -0.2) is 23.9 Å². The summed E-state index contributed by atoms with van der Waals surface area (Å²) < 4.78 is 68.4. The Morgan fingerprint density at radius 2 is 1.40 bits per heavy atom. The standard InChI is InChI=1S/C29H34N12O15P2/c1-32-12-4-2-11(3-5-12)6-50-29(45)35-15-19-13(53-25(15)40-9-33-16-21(40)36-27(30)38-23(16)43)7-51-58(48,49)56-20-14(8-52-57(46,47)55-19)54-26(18(20)42)41-10-34-17-22(41)37-28(31)39-24(17)44/h2-5,9-10,13-15,18-20,25-26,32,42H,6-8H2,1H3,(H,35,45)(H,46,47)(H,48,49)(H3,30,36,38,43)(H3,31,37,39,44). The van der Waals surface area contributed by atoms with Crippen LogP contribution in [0.3, 0.4) is 0 Å². The molecular formula is C29H34N12O15P2. The van der Waals surface area contributed by atoms with Crippen LogP contribution >= 0.6 is 15.6 Å². The number of ether oxygens (including phenoxy) is 3. The number of benzene rings is 1. The lowest BCUT2D eigenvalue weighted by molar-refractivity contribution is -0.0662. The number of amides is 1. The van der Waals surface area contributed by atoms with Crippen molar-refractivity contribution >= 4 is 61.7 Å². The second-order valence-corrected chi connectivity index (χ2v) is 15.8. The third-order valence-electron chi connectivity index (χ3n) is 9.31. The molecule has 8 rings (SSSR count). The van der Waals surface area contributed by atoms with Gasteiger partial charge in [0.1, 0.15) is 43.2 Å². The number of imidazole rings is 2. The highest BCUT2D eigenvalue weighted by Crippen LogP contribution is 2.53. The van der Waals surface area contributed by atoms with Gasteiger partial charge in [-0.2, -0.15) is 9.97 Å². The molecule has 7 heterocycles. The zero-order valence-corrected chi connectivity index (χ0v) is 31.5. The topological polar surface area (TPSA) is 380 Å². The molecule has 3 aliphatic rings. The van der Waals surface area contributed by atoms with E-state index in [-0.39, 0.29) is 40.8 Å². The Morgan fingerprint density at radius 1 is 0.879 bits per heavy atom. The third-order valence-corrected chi connectivity index (χ3v) is 11.3. The summed E-state index contributed by atoms with van der Waals surface area (Å²) in [5.41, 5.74) is 10.8. The Labute approximate surface area is 322 Å². The van der Waals surface area contributed by atoms with E-state index in [4.69, 9.17) is 43.8 Å². The maximum atomic E-state index is 13.7. The normalized spacial score (nSPS) is 31.6. The van der Waals surface area contributed by atoms with Crippen molar-refractivity contribution in [3.05, 3.63) is 63.2 Å². The fraction of sp³-hybridized carbons (Fsp3) is 0.414. The van der Waals surface area contributed by atoms with Crippen LogP contribution in [0.15, 0.2) is 46.5 Å². The second-order valence-electron chi connectivity index (χ2n) is 13.0. The number of H-pyrrole nitrogens is 2. The van der Waals surface area contributed by atoms with E-state index < -0.39 is 95.1 Å². The van der Waals surface area contributed by atoms with E-state index in [0.717, 1.165) is 22.9 Å². The first kappa shape index (κ1) is 39.5. The van der Waals surface area contributed by atoms with Gasteiger partial charge in [0.25, 0.3) is 11.1 Å². The second kappa shape index (κ2) is 15.1. The number of nitrogen functional groups attached to an aromatic ring is 2. The van der Waals surface area contributed by atoms with Crippen molar-refractivity contribution in [3.63, 3.8) is 0 Å². The lowest BCUT2D eigenvalue weighted by Crippen LogP contribution is -2.48. The number of fused-ring (bicyclic) bond motifs is 4. The van der Waals surface area contributed by atoms with Crippen LogP contribution in [0.4, 0.5) is 22.4 Å². The molecule has 27 nitrogen and oxygen atoms in total. The van der Waals surface area contributed by atoms with Crippen LogP contribution in [0, 0.1) is 0 Å². The van der Waals surface area contributed by atoms with Gasteiger partial charge in [0.2, 0.25) is 11.9 Å². The number of nitrogens with zero attached hydrogens (tertiary/aromatic N) is 6. The Kier molecular flexibility index (Phi) is 10.3. The molecule has 58 heavy (non-hydrogen) atoms. The van der Waals surface area contributed by atoms with Crippen LogP contribution in [0.2, 0.25) is 0 Å². The Balaban J connectivity index is 1.10. The summed E-state index contributed by atoms with van der Waals surface area (Å²) in [5.74, 6) is -0.606. The number of aliphatic hydroxyl groups excluding tert-OH is 1. The number of carbonyl (C=O) groups is 1. The summed E-state index contributed by atoms with van der Waals surface area (Å²) >= 11 is 0. The molecule has 3 saturated heterocycles. The molecular weight excluding hydrogens is 818 g/mol. The number of rotatable bonds is 6. The fourth-order valence-electron chi connectivity index (χ4n) is 6.66. The Hall–Kier alpha value is -5.31. The lowest BCUT2D eigenvalue weighted by atomic mass is 10.1. The zero-order chi connectivity index (χ0) is 41.1. The molecule has 0 saturated carbocycles. The number of hydrogen-bond acceptors (Lipinski definition) is 20. The first-order valence-electron chi connectivity index (χ1n) is 17.0. The number of phosphoric acid groups is 2. The number of carbonyl (C=O) groups excluding carboxylic acids is 1. The average molecular weight is 853 g/mol. The highest BCUT2D eigenvalue weighted by molar-refractivity contribution is 7.47. The van der Waals surface area contributed by atoms with E-state index in [1.807, 2.05) is 0 Å². The van der Waals surface area contributed by atoms with Gasteiger partial charge in [0.05, 0.1) is 25.9 Å². The van der Waals surface area contributed by atoms with Gasteiger partial charge in [0, 0.05) is 12.7 Å². The summed E-state index contributed by atoms with van der Waals surface area (Å²) in [5, 5.41) is 16.8. The molecule has 0 aliphatic carbocycles. The highest BCUT2D eigenvalue weighted by atomic mass is 31.2. The minimum absolute atomic E-state index is 0.139. The smallest absolute Gasteiger partial charge is 0.445 e. The van der Waals surface area contributed by atoms with Gasteiger partial charge in [-0.3, -0.25) is 46.8 Å². The van der Waals surface area contributed by atoms with Gasteiger partial charge in [-0.15, -0.1) is 0 Å². The summed E-state index contributed by atoms with van der Waals surface area (Å²) in [6, 6.07) is 5.38. The van der Waals surface area contributed by atoms with Gasteiger partial charge >= 0.3 is 21.7 Å². The van der Waals surface area contributed by atoms with E-state index in [1.165, 1.54) is 4.57 Å². The van der Waals surface area contributed by atoms with Gasteiger partial charge in [-0.1, -0.05) is 12.1 Å². The van der Waals surface area contributed by atoms with E-state index in [1.54, 1.807) is 31.3 Å². The number of aromatic nitrogens is 8. The molecule has 29 heteroatoms. The molecule has 3 fully saturated rings. The Morgan fingerprint density at radius 3 is 1.97 bits per heavy atom. The van der Waals surface area contributed by atoms with Crippen molar-refractivity contribution in [3.8, 4) is 0 Å². The van der Waals surface area contributed by atoms with Crippen molar-refractivity contribution in [2.24, 2.45) is 0 Å². The molecule has 11 N–H and O–H groups in total. The maximum Gasteiger partial charge on any atom is 0.472 e. The van der Waals surface area contributed by atoms with Crippen molar-refractivity contribution < 1.29 is 61.1 Å². The summed E-state index contributed by atoms with van der Waals surface area (Å²) in [4.78, 5) is 81.1. The number of hydrogen-bond donors (Lipinski definition) is 9. The number of nitrogens with two attached hydrogens (primary N) is 2. The minimum Gasteiger partial charge on any atom is -0.445 e. The maximum absolute atomic E-state index is 13.7. The molecule has 10 atom stereocenters. The van der Waals surface area contributed by atoms with Crippen LogP contribution in [0.5, 0.6) is 0 Å². The zero-order valence-electron chi connectivity index (χ0n) is 29.7. The molecule has 0 spiro atoms. The molecule has 4 aromatic heterocycles. The van der Waals surface area contributed by atoms with Crippen LogP contribution in [-0.4, -0.2) is 117 Å². The van der Waals surface area contributed by atoms with Crippen LogP contribution in [-0.2, 0) is 48.0 Å². The third kappa shape index (κ3) is 7.68. The van der Waals surface area contributed by atoms with E-state index in [0.29, 0.717) is 5.56 Å². The van der Waals surface area contributed by atoms with Gasteiger partial charge < -0.3 is 51.2 Å². The number of aliphatic hydroxyl groups is 1. The molecule has 1 amide bonds. The molecule has 5 aromatic rings. The van der Waals surface area contributed by atoms with Gasteiger partial charge in [-0.05, 0) is 17.7 Å². The van der Waals surface area contributed by atoms with Gasteiger partial charge in [0.15, 0.2) is 34.8 Å². The van der Waals surface area contributed by atoms with Crippen LogP contribution in [0.1, 0.15) is 18.0 Å². The SMILES string of the molecule is CNc1ccc(COC(=O)NC2C3OP(=O)(O)OCC4OC(n5cnc6c(=O)[nH]c(N)nc65)C(O)C4OP(=O)(O)OCC3OC2n2cnc3c(=O)[nH]c(N)nc32)cc1. The van der Waals surface area contributed by atoms with Crippen molar-refractivity contribution in [2.75, 3.05) is 37.0 Å². The highest BCUT2D eigenvalue weighted by Gasteiger charge is 2.55. The lowest BCUT2D eigenvalue weighted by Gasteiger charge is -2.29. The number of alkyl carbamates (subject to hydrolysis) is 1. The van der Waals surface area contributed by atoms with Crippen molar-refractivity contribution in [2.45, 2.75) is 55.6 Å². The minimum atomic E-state index is -5.25. The fourth-order valence-corrected chi connectivity index (χ4v) is 8.60. The van der Waals surface area contributed by atoms with E-state index >= 15 is 0 Å². The predicted octanol–water partition coefficient (Wildman–Crippen LogP) is -1.07. The van der Waals surface area contributed by atoms with Crippen LogP contribution < -0.4 is 33.2 Å². The van der Waals surface area contributed by atoms with Crippen molar-refractivity contribution in [1.82, 2.24) is 44.4 Å². The molecule has 3 aliphatic heterocycles. The number of nitrogens with one attached hydrogen (secondary N) is 4. The molecule has 1 aromatic carbocycles. The largest absolute Gasteiger partial charge is 0.472 e.